The number of imidazole rings is 1. The summed E-state index contributed by atoms with van der Waals surface area (Å²) >= 11 is 0. The van der Waals surface area contributed by atoms with Gasteiger partial charge in [-0.2, -0.15) is 0 Å². The van der Waals surface area contributed by atoms with Gasteiger partial charge in [0, 0.05) is 5.56 Å². The van der Waals surface area contributed by atoms with Gasteiger partial charge in [0.15, 0.2) is 11.6 Å². The van der Waals surface area contributed by atoms with E-state index < -0.39 is 0 Å². The van der Waals surface area contributed by atoms with Crippen molar-refractivity contribution in [3.63, 3.8) is 0 Å². The smallest absolute Gasteiger partial charge is 0.166 e. The molecule has 0 unspecified atom stereocenters. The van der Waals surface area contributed by atoms with Gasteiger partial charge in [-0.15, -0.1) is 16.6 Å². The first-order valence-electron chi connectivity index (χ1n) is 6.90. The predicted molar refractivity (Wildman–Crippen MR) is 80.3 cm³/mol. The maximum Gasteiger partial charge on any atom is 0.166 e. The second-order valence-electron chi connectivity index (χ2n) is 5.26. The van der Waals surface area contributed by atoms with Crippen LogP contribution in [0.25, 0.3) is 17.1 Å². The average Bonchev–Trinajstić information content (AvgIpc) is 3.09. The lowest BCUT2D eigenvalue weighted by Crippen LogP contribution is -2.08. The molecule has 1 aliphatic rings. The summed E-state index contributed by atoms with van der Waals surface area (Å²) in [5, 5.41) is 17.9. The Kier molecular flexibility index (Phi) is 2.65. The molecule has 2 aromatic heterocycles. The zero-order chi connectivity index (χ0) is 15.3. The van der Waals surface area contributed by atoms with Crippen LogP contribution < -0.4 is 0 Å². The molecular formula is C16H13N5O. The maximum absolute atomic E-state index is 9.52. The topological polar surface area (TPSA) is 68.8 Å². The van der Waals surface area contributed by atoms with Gasteiger partial charge in [0.25, 0.3) is 0 Å². The number of terminal acetylenes is 1. The molecule has 1 aliphatic heterocycles. The second kappa shape index (κ2) is 4.55. The summed E-state index contributed by atoms with van der Waals surface area (Å²) in [7, 11) is 0. The summed E-state index contributed by atoms with van der Waals surface area (Å²) in [6.07, 6.45) is 7.30. The summed E-state index contributed by atoms with van der Waals surface area (Å²) < 4.78 is 3.87. The fourth-order valence-electron chi connectivity index (χ4n) is 2.86. The molecular weight excluding hydrogens is 278 g/mol. The summed E-state index contributed by atoms with van der Waals surface area (Å²) in [4.78, 5) is 4.30. The van der Waals surface area contributed by atoms with E-state index in [4.69, 9.17) is 6.42 Å². The first-order valence-corrected chi connectivity index (χ1v) is 6.90. The third-order valence-corrected chi connectivity index (χ3v) is 3.93. The zero-order valence-corrected chi connectivity index (χ0v) is 12.0. The Morgan fingerprint density at radius 3 is 3.00 bits per heavy atom. The Bertz CT molecular complexity index is 929. The Labute approximate surface area is 127 Å². The molecule has 1 N–H and O–H groups in total. The van der Waals surface area contributed by atoms with E-state index >= 15 is 0 Å². The Balaban J connectivity index is 2.11. The van der Waals surface area contributed by atoms with E-state index in [2.05, 4.69) is 27.2 Å². The molecule has 6 nitrogen and oxygen atoms in total. The van der Waals surface area contributed by atoms with Crippen molar-refractivity contribution in [2.24, 2.45) is 0 Å². The highest BCUT2D eigenvalue weighted by Gasteiger charge is 2.25. The van der Waals surface area contributed by atoms with E-state index in [0.29, 0.717) is 18.1 Å². The lowest BCUT2D eigenvalue weighted by Gasteiger charge is -2.08. The van der Waals surface area contributed by atoms with Gasteiger partial charge in [-0.25, -0.2) is 4.98 Å². The van der Waals surface area contributed by atoms with Crippen molar-refractivity contribution in [2.45, 2.75) is 20.1 Å². The van der Waals surface area contributed by atoms with Crippen molar-refractivity contribution in [3.05, 3.63) is 47.3 Å². The molecule has 3 heterocycles. The predicted octanol–water partition coefficient (Wildman–Crippen LogP) is 1.27. The summed E-state index contributed by atoms with van der Waals surface area (Å²) in [5.74, 6) is 3.86. The van der Waals surface area contributed by atoms with Gasteiger partial charge in [0.05, 0.1) is 17.9 Å². The highest BCUT2D eigenvalue weighted by Crippen LogP contribution is 2.32. The minimum atomic E-state index is -0.173. The molecule has 0 amide bonds. The third kappa shape index (κ3) is 1.63. The van der Waals surface area contributed by atoms with Crippen LogP contribution in [0.1, 0.15) is 22.8 Å². The SMILES string of the molecule is C#Cc1ncn2c1Cn1c(CO)nnc1-c1cc(C)ccc1-2. The van der Waals surface area contributed by atoms with Crippen LogP contribution in [0.4, 0.5) is 0 Å². The number of nitrogens with zero attached hydrogens (tertiary/aromatic N) is 5. The number of aliphatic hydroxyl groups is 1. The summed E-state index contributed by atoms with van der Waals surface area (Å²) in [6, 6.07) is 6.12. The number of fused-ring (bicyclic) bond motifs is 5. The molecule has 3 aromatic rings. The highest BCUT2D eigenvalue weighted by molar-refractivity contribution is 5.70. The van der Waals surface area contributed by atoms with Gasteiger partial charge >= 0.3 is 0 Å². The van der Waals surface area contributed by atoms with Gasteiger partial charge in [-0.1, -0.05) is 11.6 Å². The van der Waals surface area contributed by atoms with Crippen LogP contribution in [0.2, 0.25) is 0 Å². The third-order valence-electron chi connectivity index (χ3n) is 3.93. The van der Waals surface area contributed by atoms with Gasteiger partial charge < -0.3 is 9.67 Å². The van der Waals surface area contributed by atoms with Crippen LogP contribution in [0.3, 0.4) is 0 Å². The van der Waals surface area contributed by atoms with Crippen LogP contribution in [-0.4, -0.2) is 29.4 Å². The quantitative estimate of drug-likeness (QED) is 0.536. The van der Waals surface area contributed by atoms with E-state index in [1.807, 2.05) is 28.2 Å². The van der Waals surface area contributed by atoms with E-state index in [9.17, 15) is 5.11 Å². The Morgan fingerprint density at radius 1 is 1.36 bits per heavy atom. The van der Waals surface area contributed by atoms with Gasteiger partial charge in [0.1, 0.15) is 18.6 Å². The number of aromatic nitrogens is 5. The zero-order valence-electron chi connectivity index (χ0n) is 12.0. The molecule has 0 spiro atoms. The highest BCUT2D eigenvalue weighted by atomic mass is 16.3. The van der Waals surface area contributed by atoms with Crippen molar-refractivity contribution in [2.75, 3.05) is 0 Å². The van der Waals surface area contributed by atoms with Crippen LogP contribution >= 0.6 is 0 Å². The van der Waals surface area contributed by atoms with E-state index in [1.54, 1.807) is 6.33 Å². The van der Waals surface area contributed by atoms with Crippen molar-refractivity contribution in [1.82, 2.24) is 24.3 Å². The minimum Gasteiger partial charge on any atom is -0.388 e. The standard InChI is InChI=1S/C16H13N5O/c1-3-12-14-7-20-15(8-22)18-19-16(20)11-6-10(2)4-5-13(11)21(14)9-17-12/h1,4-6,9,22H,7-8H2,2H3. The molecule has 1 aromatic carbocycles. The molecule has 0 radical (unpaired) electrons. The van der Waals surface area contributed by atoms with E-state index in [-0.39, 0.29) is 6.61 Å². The maximum atomic E-state index is 9.52. The first kappa shape index (κ1) is 12.8. The van der Waals surface area contributed by atoms with Crippen molar-refractivity contribution in [3.8, 4) is 29.4 Å². The number of hydrogen-bond acceptors (Lipinski definition) is 4. The molecule has 22 heavy (non-hydrogen) atoms. The minimum absolute atomic E-state index is 0.173. The lowest BCUT2D eigenvalue weighted by molar-refractivity contribution is 0.265. The number of hydrogen-bond donors (Lipinski definition) is 1. The van der Waals surface area contributed by atoms with Crippen LogP contribution in [-0.2, 0) is 13.2 Å². The van der Waals surface area contributed by atoms with Crippen LogP contribution in [0.5, 0.6) is 0 Å². The van der Waals surface area contributed by atoms with E-state index in [1.165, 1.54) is 0 Å². The van der Waals surface area contributed by atoms with Crippen molar-refractivity contribution >= 4 is 0 Å². The summed E-state index contributed by atoms with van der Waals surface area (Å²) in [6.45, 7) is 2.33. The summed E-state index contributed by atoms with van der Waals surface area (Å²) in [5.41, 5.74) is 4.52. The monoisotopic (exact) mass is 291 g/mol. The van der Waals surface area contributed by atoms with Crippen LogP contribution in [0.15, 0.2) is 24.5 Å². The van der Waals surface area contributed by atoms with Gasteiger partial charge in [-0.05, 0) is 25.0 Å². The van der Waals surface area contributed by atoms with E-state index in [0.717, 1.165) is 28.3 Å². The number of rotatable bonds is 1. The largest absolute Gasteiger partial charge is 0.388 e. The molecule has 0 fully saturated rings. The normalized spacial score (nSPS) is 12.0. The van der Waals surface area contributed by atoms with Gasteiger partial charge in [0.2, 0.25) is 0 Å². The molecule has 0 saturated carbocycles. The molecule has 0 atom stereocenters. The van der Waals surface area contributed by atoms with Crippen molar-refractivity contribution in [1.29, 1.82) is 0 Å². The molecule has 108 valence electrons. The molecule has 6 heteroatoms. The molecule has 0 bridgehead atoms. The molecule has 0 aliphatic carbocycles. The van der Waals surface area contributed by atoms with Crippen LogP contribution in [0, 0.1) is 19.3 Å². The van der Waals surface area contributed by atoms with Gasteiger partial charge in [-0.3, -0.25) is 4.57 Å². The number of aliphatic hydroxyl groups excluding tert-OH is 1. The average molecular weight is 291 g/mol. The second-order valence-corrected chi connectivity index (χ2v) is 5.26. The Hall–Kier alpha value is -2.91. The fraction of sp³-hybridized carbons (Fsp3) is 0.188. The fourth-order valence-corrected chi connectivity index (χ4v) is 2.86. The number of aryl methyl sites for hydroxylation is 1. The van der Waals surface area contributed by atoms with Crippen molar-refractivity contribution < 1.29 is 5.11 Å². The lowest BCUT2D eigenvalue weighted by atomic mass is 10.1. The first-order chi connectivity index (χ1) is 10.7. The number of benzene rings is 1. The Morgan fingerprint density at radius 2 is 2.23 bits per heavy atom. The molecule has 0 saturated heterocycles. The molecule has 4 rings (SSSR count).